The molecule has 0 spiro atoms. The Balaban J connectivity index is 1.96. The molecule has 80 valence electrons. The molecule has 0 aromatic carbocycles. The van der Waals surface area contributed by atoms with Gasteiger partial charge in [-0.3, -0.25) is 0 Å². The first-order valence-corrected chi connectivity index (χ1v) is 5.76. The first-order chi connectivity index (χ1) is 6.83. The van der Waals surface area contributed by atoms with E-state index in [0.717, 1.165) is 12.5 Å². The molecule has 2 atom stereocenters. The van der Waals surface area contributed by atoms with Crippen LogP contribution in [-0.2, 0) is 4.74 Å². The van der Waals surface area contributed by atoms with E-state index in [1.165, 1.54) is 32.1 Å². The molecule has 0 radical (unpaired) electrons. The van der Waals surface area contributed by atoms with Crippen molar-refractivity contribution in [3.05, 3.63) is 0 Å². The fourth-order valence-electron chi connectivity index (χ4n) is 2.84. The van der Waals surface area contributed by atoms with Crippen molar-refractivity contribution in [3.63, 3.8) is 0 Å². The second-order valence-corrected chi connectivity index (χ2v) is 4.29. The SMILES string of the molecule is CCOC(=O)N1CCC2CCCCC21. The van der Waals surface area contributed by atoms with Gasteiger partial charge in [-0.15, -0.1) is 0 Å². The second kappa shape index (κ2) is 4.20. The van der Waals surface area contributed by atoms with E-state index < -0.39 is 0 Å². The molecule has 2 rings (SSSR count). The van der Waals surface area contributed by atoms with E-state index in [4.69, 9.17) is 4.74 Å². The highest BCUT2D eigenvalue weighted by molar-refractivity contribution is 5.68. The van der Waals surface area contributed by atoms with Crippen LogP contribution < -0.4 is 0 Å². The number of carbonyl (C=O) groups is 1. The summed E-state index contributed by atoms with van der Waals surface area (Å²) in [7, 11) is 0. The van der Waals surface area contributed by atoms with Crippen molar-refractivity contribution < 1.29 is 9.53 Å². The van der Waals surface area contributed by atoms with E-state index in [-0.39, 0.29) is 6.09 Å². The molecular weight excluding hydrogens is 178 g/mol. The molecule has 0 bridgehead atoms. The minimum atomic E-state index is -0.0955. The number of carbonyl (C=O) groups excluding carboxylic acids is 1. The van der Waals surface area contributed by atoms with Crippen molar-refractivity contribution in [1.82, 2.24) is 4.90 Å². The Hall–Kier alpha value is -0.730. The molecule has 0 N–H and O–H groups in total. The van der Waals surface area contributed by atoms with Crippen LogP contribution in [0, 0.1) is 5.92 Å². The fraction of sp³-hybridized carbons (Fsp3) is 0.909. The number of nitrogens with zero attached hydrogens (tertiary/aromatic N) is 1. The molecule has 3 nitrogen and oxygen atoms in total. The number of likely N-dealkylation sites (tertiary alicyclic amines) is 1. The first kappa shape index (κ1) is 9.81. The summed E-state index contributed by atoms with van der Waals surface area (Å²) in [6.45, 7) is 3.27. The monoisotopic (exact) mass is 197 g/mol. The van der Waals surface area contributed by atoms with Crippen molar-refractivity contribution in [2.45, 2.75) is 45.1 Å². The molecule has 2 aliphatic rings. The predicted octanol–water partition coefficient (Wildman–Crippen LogP) is 2.41. The van der Waals surface area contributed by atoms with Gasteiger partial charge in [0.2, 0.25) is 0 Å². The molecule has 3 heteroatoms. The van der Waals surface area contributed by atoms with Gasteiger partial charge in [0.15, 0.2) is 0 Å². The van der Waals surface area contributed by atoms with Crippen molar-refractivity contribution in [1.29, 1.82) is 0 Å². The van der Waals surface area contributed by atoms with Crippen LogP contribution in [0.4, 0.5) is 4.79 Å². The fourth-order valence-corrected chi connectivity index (χ4v) is 2.84. The Morgan fingerprint density at radius 1 is 1.36 bits per heavy atom. The van der Waals surface area contributed by atoms with Gasteiger partial charge in [0.25, 0.3) is 0 Å². The Morgan fingerprint density at radius 3 is 2.93 bits per heavy atom. The third kappa shape index (κ3) is 1.72. The average molecular weight is 197 g/mol. The van der Waals surface area contributed by atoms with Crippen LogP contribution in [0.15, 0.2) is 0 Å². The van der Waals surface area contributed by atoms with Crippen LogP contribution in [0.3, 0.4) is 0 Å². The zero-order chi connectivity index (χ0) is 9.97. The van der Waals surface area contributed by atoms with Gasteiger partial charge in [-0.25, -0.2) is 4.79 Å². The minimum absolute atomic E-state index is 0.0955. The van der Waals surface area contributed by atoms with Gasteiger partial charge < -0.3 is 9.64 Å². The molecule has 0 aromatic heterocycles. The number of hydrogen-bond acceptors (Lipinski definition) is 2. The van der Waals surface area contributed by atoms with Crippen LogP contribution in [0.1, 0.15) is 39.0 Å². The maximum absolute atomic E-state index is 11.6. The quantitative estimate of drug-likeness (QED) is 0.646. The Bertz CT molecular complexity index is 217. The molecule has 1 saturated heterocycles. The standard InChI is InChI=1S/C11H19NO2/c1-2-14-11(13)12-8-7-9-5-3-4-6-10(9)12/h9-10H,2-8H2,1H3. The second-order valence-electron chi connectivity index (χ2n) is 4.29. The van der Waals surface area contributed by atoms with Gasteiger partial charge in [0.1, 0.15) is 0 Å². The number of rotatable bonds is 1. The van der Waals surface area contributed by atoms with Gasteiger partial charge in [-0.2, -0.15) is 0 Å². The number of amides is 1. The lowest BCUT2D eigenvalue weighted by atomic mass is 9.85. The van der Waals surface area contributed by atoms with E-state index >= 15 is 0 Å². The zero-order valence-electron chi connectivity index (χ0n) is 8.87. The molecule has 2 fully saturated rings. The third-order valence-electron chi connectivity index (χ3n) is 3.51. The summed E-state index contributed by atoms with van der Waals surface area (Å²) in [4.78, 5) is 13.6. The lowest BCUT2D eigenvalue weighted by Crippen LogP contribution is -2.39. The summed E-state index contributed by atoms with van der Waals surface area (Å²) >= 11 is 0. The van der Waals surface area contributed by atoms with E-state index in [2.05, 4.69) is 0 Å². The van der Waals surface area contributed by atoms with E-state index in [1.54, 1.807) is 0 Å². The Morgan fingerprint density at radius 2 is 2.14 bits per heavy atom. The van der Waals surface area contributed by atoms with E-state index in [1.807, 2.05) is 11.8 Å². The summed E-state index contributed by atoms with van der Waals surface area (Å²) in [5, 5.41) is 0. The molecule has 1 heterocycles. The van der Waals surface area contributed by atoms with E-state index in [9.17, 15) is 4.79 Å². The van der Waals surface area contributed by atoms with Crippen molar-refractivity contribution in [2.24, 2.45) is 5.92 Å². The predicted molar refractivity (Wildman–Crippen MR) is 54.1 cm³/mol. The topological polar surface area (TPSA) is 29.5 Å². The summed E-state index contributed by atoms with van der Waals surface area (Å²) in [5.41, 5.74) is 0. The largest absolute Gasteiger partial charge is 0.450 e. The Kier molecular flexibility index (Phi) is 2.94. The number of fused-ring (bicyclic) bond motifs is 1. The summed E-state index contributed by atoms with van der Waals surface area (Å²) < 4.78 is 5.06. The van der Waals surface area contributed by atoms with Crippen LogP contribution in [-0.4, -0.2) is 30.2 Å². The van der Waals surface area contributed by atoms with Gasteiger partial charge >= 0.3 is 6.09 Å². The molecule has 2 unspecified atom stereocenters. The van der Waals surface area contributed by atoms with Gasteiger partial charge in [0.05, 0.1) is 6.61 Å². The molecule has 0 aromatic rings. The Labute approximate surface area is 85.4 Å². The van der Waals surface area contributed by atoms with Crippen LogP contribution in [0.25, 0.3) is 0 Å². The van der Waals surface area contributed by atoms with Crippen molar-refractivity contribution >= 4 is 6.09 Å². The van der Waals surface area contributed by atoms with Gasteiger partial charge in [0, 0.05) is 12.6 Å². The van der Waals surface area contributed by atoms with Crippen molar-refractivity contribution in [2.75, 3.05) is 13.2 Å². The summed E-state index contributed by atoms with van der Waals surface area (Å²) in [6.07, 6.45) is 6.20. The number of ether oxygens (including phenoxy) is 1. The summed E-state index contributed by atoms with van der Waals surface area (Å²) in [5.74, 6) is 0.758. The molecular formula is C11H19NO2. The smallest absolute Gasteiger partial charge is 0.410 e. The molecule has 1 aliphatic heterocycles. The third-order valence-corrected chi connectivity index (χ3v) is 3.51. The molecule has 1 amide bonds. The van der Waals surface area contributed by atoms with Gasteiger partial charge in [-0.1, -0.05) is 12.8 Å². The molecule has 1 aliphatic carbocycles. The van der Waals surface area contributed by atoms with Gasteiger partial charge in [-0.05, 0) is 32.1 Å². The normalized spacial score (nSPS) is 31.4. The van der Waals surface area contributed by atoms with Crippen LogP contribution in [0.5, 0.6) is 0 Å². The minimum Gasteiger partial charge on any atom is -0.450 e. The molecule has 14 heavy (non-hydrogen) atoms. The number of hydrogen-bond donors (Lipinski definition) is 0. The summed E-state index contributed by atoms with van der Waals surface area (Å²) in [6, 6.07) is 0.489. The maximum atomic E-state index is 11.6. The highest BCUT2D eigenvalue weighted by Crippen LogP contribution is 2.36. The zero-order valence-corrected chi connectivity index (χ0v) is 8.87. The average Bonchev–Trinajstić information content (AvgIpc) is 2.61. The van der Waals surface area contributed by atoms with Crippen LogP contribution >= 0.6 is 0 Å². The van der Waals surface area contributed by atoms with E-state index in [0.29, 0.717) is 12.6 Å². The molecule has 1 saturated carbocycles. The lowest BCUT2D eigenvalue weighted by molar-refractivity contribution is 0.0918. The lowest BCUT2D eigenvalue weighted by Gasteiger charge is -2.30. The highest BCUT2D eigenvalue weighted by atomic mass is 16.6. The maximum Gasteiger partial charge on any atom is 0.410 e. The first-order valence-electron chi connectivity index (χ1n) is 5.76. The highest BCUT2D eigenvalue weighted by Gasteiger charge is 2.38. The van der Waals surface area contributed by atoms with Crippen LogP contribution in [0.2, 0.25) is 0 Å². The van der Waals surface area contributed by atoms with Crippen molar-refractivity contribution in [3.8, 4) is 0 Å².